The highest BCUT2D eigenvalue weighted by Gasteiger charge is 2.20. The van der Waals surface area contributed by atoms with Gasteiger partial charge in [-0.1, -0.05) is 46.7 Å². The van der Waals surface area contributed by atoms with Gasteiger partial charge in [0.05, 0.1) is 5.25 Å². The molecule has 1 aromatic carbocycles. The molecule has 0 bridgehead atoms. The van der Waals surface area contributed by atoms with E-state index in [1.807, 2.05) is 26.0 Å². The van der Waals surface area contributed by atoms with Crippen molar-refractivity contribution in [3.05, 3.63) is 44.8 Å². The van der Waals surface area contributed by atoms with Crippen molar-refractivity contribution in [3.63, 3.8) is 0 Å². The Labute approximate surface area is 135 Å². The fourth-order valence-corrected chi connectivity index (χ4v) is 3.10. The van der Waals surface area contributed by atoms with Crippen molar-refractivity contribution in [2.75, 3.05) is 0 Å². The van der Waals surface area contributed by atoms with Crippen LogP contribution in [0, 0.1) is 0 Å². The molecule has 0 spiro atoms. The molecule has 1 atom stereocenters. The van der Waals surface area contributed by atoms with Crippen LogP contribution in [-0.2, 0) is 6.54 Å². The number of thioether (sulfide) groups is 1. The lowest BCUT2D eigenvalue weighted by molar-refractivity contribution is 0.0994. The number of rotatable bonds is 6. The molecule has 0 saturated heterocycles. The van der Waals surface area contributed by atoms with Crippen LogP contribution in [0.5, 0.6) is 0 Å². The van der Waals surface area contributed by atoms with Gasteiger partial charge in [0.15, 0.2) is 10.9 Å². The minimum atomic E-state index is -0.308. The number of Topliss-reactive ketones (excluding diaryl/α,β-unsaturated/α-hetero) is 1. The zero-order valence-corrected chi connectivity index (χ0v) is 14.2. The van der Waals surface area contributed by atoms with Gasteiger partial charge in [-0.2, -0.15) is 0 Å². The third kappa shape index (κ3) is 3.85. The molecule has 0 amide bonds. The van der Waals surface area contributed by atoms with Gasteiger partial charge in [0.1, 0.15) is 0 Å². The van der Waals surface area contributed by atoms with E-state index in [0.717, 1.165) is 10.9 Å². The number of hydrogen-bond acceptors (Lipinski definition) is 4. The molecule has 21 heavy (non-hydrogen) atoms. The lowest BCUT2D eigenvalue weighted by Gasteiger charge is -2.10. The second-order valence-corrected chi connectivity index (χ2v) is 6.82. The summed E-state index contributed by atoms with van der Waals surface area (Å²) in [6.07, 6.45) is 0.835. The molecule has 1 N–H and O–H groups in total. The standard InChI is InChI=1S/C14H16BrN3O2S/c1-3-8-18-13(20)16-17-14(18)21-9(2)12(19)10-4-6-11(15)7-5-10/h4-7,9H,3,8H2,1-2H3,(H,16,20)/t9-/m1/s1. The maximum atomic E-state index is 12.4. The summed E-state index contributed by atoms with van der Waals surface area (Å²) >= 11 is 4.64. The molecule has 2 aromatic rings. The molecule has 1 aromatic heterocycles. The summed E-state index contributed by atoms with van der Waals surface area (Å²) < 4.78 is 2.50. The molecule has 7 heteroatoms. The van der Waals surface area contributed by atoms with Crippen LogP contribution in [0.1, 0.15) is 30.6 Å². The zero-order chi connectivity index (χ0) is 15.4. The second-order valence-electron chi connectivity index (χ2n) is 4.59. The van der Waals surface area contributed by atoms with Crippen molar-refractivity contribution in [2.45, 2.75) is 37.2 Å². The van der Waals surface area contributed by atoms with Gasteiger partial charge >= 0.3 is 5.69 Å². The van der Waals surface area contributed by atoms with E-state index in [1.165, 1.54) is 11.8 Å². The minimum Gasteiger partial charge on any atom is -0.293 e. The Hall–Kier alpha value is -1.34. The normalized spacial score (nSPS) is 12.3. The van der Waals surface area contributed by atoms with E-state index in [4.69, 9.17) is 0 Å². The number of nitrogens with one attached hydrogen (secondary N) is 1. The number of ketones is 1. The number of nitrogens with zero attached hydrogens (tertiary/aromatic N) is 2. The predicted molar refractivity (Wildman–Crippen MR) is 86.9 cm³/mol. The fraction of sp³-hybridized carbons (Fsp3) is 0.357. The highest BCUT2D eigenvalue weighted by atomic mass is 79.9. The average molecular weight is 370 g/mol. The van der Waals surface area contributed by atoms with Crippen LogP contribution in [0.25, 0.3) is 0 Å². The monoisotopic (exact) mass is 369 g/mol. The van der Waals surface area contributed by atoms with Gasteiger partial charge in [0, 0.05) is 16.6 Å². The largest absolute Gasteiger partial charge is 0.343 e. The van der Waals surface area contributed by atoms with Crippen molar-refractivity contribution in [2.24, 2.45) is 0 Å². The van der Waals surface area contributed by atoms with Gasteiger partial charge in [0.2, 0.25) is 0 Å². The predicted octanol–water partition coefficient (Wildman–Crippen LogP) is 3.11. The first-order chi connectivity index (χ1) is 10.0. The quantitative estimate of drug-likeness (QED) is 0.627. The Morgan fingerprint density at radius 1 is 1.43 bits per heavy atom. The molecular weight excluding hydrogens is 354 g/mol. The van der Waals surface area contributed by atoms with Crippen LogP contribution in [0.15, 0.2) is 38.7 Å². The molecule has 0 radical (unpaired) electrons. The highest BCUT2D eigenvalue weighted by Crippen LogP contribution is 2.23. The van der Waals surface area contributed by atoms with Gasteiger partial charge in [-0.3, -0.25) is 9.36 Å². The third-order valence-electron chi connectivity index (χ3n) is 2.95. The first-order valence-electron chi connectivity index (χ1n) is 6.64. The summed E-state index contributed by atoms with van der Waals surface area (Å²) in [5.74, 6) is 0.0194. The van der Waals surface area contributed by atoms with Crippen LogP contribution in [-0.4, -0.2) is 25.8 Å². The molecular formula is C14H16BrN3O2S. The molecule has 5 nitrogen and oxygen atoms in total. The number of carbonyl (C=O) groups excluding carboxylic acids is 1. The van der Waals surface area contributed by atoms with Gasteiger partial charge < -0.3 is 0 Å². The molecule has 0 fully saturated rings. The zero-order valence-electron chi connectivity index (χ0n) is 11.8. The van der Waals surface area contributed by atoms with E-state index in [2.05, 4.69) is 26.1 Å². The number of aromatic nitrogens is 3. The third-order valence-corrected chi connectivity index (χ3v) is 4.57. The van der Waals surface area contributed by atoms with Gasteiger partial charge in [-0.05, 0) is 25.5 Å². The lowest BCUT2D eigenvalue weighted by atomic mass is 10.1. The summed E-state index contributed by atoms with van der Waals surface area (Å²) in [6, 6.07) is 7.25. The number of carbonyl (C=O) groups is 1. The molecule has 1 heterocycles. The number of aromatic amines is 1. The van der Waals surface area contributed by atoms with E-state index in [0.29, 0.717) is 17.3 Å². The van der Waals surface area contributed by atoms with E-state index >= 15 is 0 Å². The van der Waals surface area contributed by atoms with Crippen LogP contribution < -0.4 is 5.69 Å². The smallest absolute Gasteiger partial charge is 0.293 e. The van der Waals surface area contributed by atoms with Crippen molar-refractivity contribution < 1.29 is 4.79 Å². The van der Waals surface area contributed by atoms with Crippen molar-refractivity contribution in [1.82, 2.24) is 14.8 Å². The number of halogens is 1. The SMILES string of the molecule is CCCn1c(S[C@H](C)C(=O)c2ccc(Br)cc2)n[nH]c1=O. The molecule has 0 aliphatic rings. The van der Waals surface area contributed by atoms with Crippen molar-refractivity contribution in [3.8, 4) is 0 Å². The number of H-pyrrole nitrogens is 1. The minimum absolute atomic E-state index is 0.0194. The van der Waals surface area contributed by atoms with Crippen LogP contribution in [0.4, 0.5) is 0 Å². The summed E-state index contributed by atoms with van der Waals surface area (Å²) in [6.45, 7) is 4.41. The van der Waals surface area contributed by atoms with E-state index in [9.17, 15) is 9.59 Å². The van der Waals surface area contributed by atoms with Crippen molar-refractivity contribution >= 4 is 33.5 Å². The van der Waals surface area contributed by atoms with Gasteiger partial charge in [-0.15, -0.1) is 5.10 Å². The average Bonchev–Trinajstić information content (AvgIpc) is 2.81. The lowest BCUT2D eigenvalue weighted by Crippen LogP contribution is -2.19. The Balaban J connectivity index is 2.14. The highest BCUT2D eigenvalue weighted by molar-refractivity contribution is 9.10. The van der Waals surface area contributed by atoms with Gasteiger partial charge in [0.25, 0.3) is 0 Å². The summed E-state index contributed by atoms with van der Waals surface area (Å²) in [5.41, 5.74) is 0.417. The Kier molecular flexibility index (Phi) is 5.41. The van der Waals surface area contributed by atoms with Crippen LogP contribution in [0.3, 0.4) is 0 Å². The molecule has 2 rings (SSSR count). The van der Waals surface area contributed by atoms with E-state index in [-0.39, 0.29) is 16.7 Å². The maximum absolute atomic E-state index is 12.4. The molecule has 112 valence electrons. The first kappa shape index (κ1) is 16.0. The number of benzene rings is 1. The molecule has 0 unspecified atom stereocenters. The Morgan fingerprint density at radius 3 is 2.71 bits per heavy atom. The molecule has 0 saturated carbocycles. The Morgan fingerprint density at radius 2 is 2.10 bits per heavy atom. The van der Waals surface area contributed by atoms with Gasteiger partial charge in [-0.25, -0.2) is 9.89 Å². The van der Waals surface area contributed by atoms with Crippen LogP contribution in [0.2, 0.25) is 0 Å². The Bertz CT molecular complexity index is 678. The number of hydrogen-bond donors (Lipinski definition) is 1. The topological polar surface area (TPSA) is 67.8 Å². The first-order valence-corrected chi connectivity index (χ1v) is 8.31. The summed E-state index contributed by atoms with van der Waals surface area (Å²) in [5, 5.41) is 6.67. The summed E-state index contributed by atoms with van der Waals surface area (Å²) in [4.78, 5) is 24.0. The van der Waals surface area contributed by atoms with E-state index < -0.39 is 0 Å². The van der Waals surface area contributed by atoms with Crippen molar-refractivity contribution in [1.29, 1.82) is 0 Å². The second kappa shape index (κ2) is 7.09. The van der Waals surface area contributed by atoms with Crippen LogP contribution >= 0.6 is 27.7 Å². The fourth-order valence-electron chi connectivity index (χ4n) is 1.87. The summed E-state index contributed by atoms with van der Waals surface area (Å²) in [7, 11) is 0. The maximum Gasteiger partial charge on any atom is 0.343 e. The molecule has 0 aliphatic carbocycles. The molecule has 0 aliphatic heterocycles. The van der Waals surface area contributed by atoms with E-state index in [1.54, 1.807) is 16.7 Å².